The lowest BCUT2D eigenvalue weighted by Gasteiger charge is -2.22. The molecular weight excluding hydrogens is 174 g/mol. The molecule has 14 heavy (non-hydrogen) atoms. The lowest BCUT2D eigenvalue weighted by Crippen LogP contribution is -2.29. The summed E-state index contributed by atoms with van der Waals surface area (Å²) in [7, 11) is 0. The van der Waals surface area contributed by atoms with E-state index >= 15 is 0 Å². The zero-order valence-electron chi connectivity index (χ0n) is 8.39. The highest BCUT2D eigenvalue weighted by atomic mass is 15.2. The number of hydrogen-bond donors (Lipinski definition) is 1. The maximum Gasteiger partial charge on any atom is 0.0575 e. The summed E-state index contributed by atoms with van der Waals surface area (Å²) in [6, 6.07) is 6.63. The van der Waals surface area contributed by atoms with E-state index in [1.165, 1.54) is 25.1 Å². The van der Waals surface area contributed by atoms with Gasteiger partial charge in [-0.05, 0) is 31.5 Å². The molecule has 0 spiro atoms. The standard InChI is InChI=1S/C11H17N3/c12-6-9-14-8-3-5-11(14)10-4-1-2-7-13-10/h1-2,4,7,11H,3,5-6,8-9,12H2. The van der Waals surface area contributed by atoms with Crippen molar-refractivity contribution in [3.63, 3.8) is 0 Å². The molecule has 1 aliphatic heterocycles. The lowest BCUT2D eigenvalue weighted by atomic mass is 10.1. The Morgan fingerprint density at radius 1 is 1.50 bits per heavy atom. The van der Waals surface area contributed by atoms with Gasteiger partial charge in [0, 0.05) is 19.3 Å². The van der Waals surface area contributed by atoms with Crippen LogP contribution >= 0.6 is 0 Å². The normalized spacial score (nSPS) is 22.8. The maximum absolute atomic E-state index is 5.59. The maximum atomic E-state index is 5.59. The van der Waals surface area contributed by atoms with Gasteiger partial charge in [-0.15, -0.1) is 0 Å². The van der Waals surface area contributed by atoms with Gasteiger partial charge in [0.25, 0.3) is 0 Å². The van der Waals surface area contributed by atoms with Crippen molar-refractivity contribution in [1.29, 1.82) is 0 Å². The summed E-state index contributed by atoms with van der Waals surface area (Å²) in [6.45, 7) is 2.89. The molecule has 76 valence electrons. The molecule has 3 heteroatoms. The number of aromatic nitrogens is 1. The fourth-order valence-electron chi connectivity index (χ4n) is 2.17. The van der Waals surface area contributed by atoms with Crippen molar-refractivity contribution in [1.82, 2.24) is 9.88 Å². The molecule has 1 saturated heterocycles. The Bertz CT molecular complexity index is 273. The zero-order valence-corrected chi connectivity index (χ0v) is 8.39. The third-order valence-corrected chi connectivity index (χ3v) is 2.81. The van der Waals surface area contributed by atoms with Crippen LogP contribution in [-0.2, 0) is 0 Å². The molecule has 2 heterocycles. The van der Waals surface area contributed by atoms with E-state index in [4.69, 9.17) is 5.73 Å². The van der Waals surface area contributed by atoms with Crippen molar-refractivity contribution in [2.75, 3.05) is 19.6 Å². The van der Waals surface area contributed by atoms with Gasteiger partial charge in [0.2, 0.25) is 0 Å². The number of pyridine rings is 1. The molecule has 0 saturated carbocycles. The summed E-state index contributed by atoms with van der Waals surface area (Å²) < 4.78 is 0. The van der Waals surface area contributed by atoms with Crippen LogP contribution in [0.4, 0.5) is 0 Å². The molecule has 1 aromatic rings. The Kier molecular flexibility index (Phi) is 3.11. The van der Waals surface area contributed by atoms with Crippen molar-refractivity contribution >= 4 is 0 Å². The van der Waals surface area contributed by atoms with E-state index in [0.29, 0.717) is 6.04 Å². The summed E-state index contributed by atoms with van der Waals surface area (Å²) in [5, 5.41) is 0. The van der Waals surface area contributed by atoms with Gasteiger partial charge in [-0.25, -0.2) is 0 Å². The third-order valence-electron chi connectivity index (χ3n) is 2.81. The van der Waals surface area contributed by atoms with Crippen LogP contribution in [-0.4, -0.2) is 29.5 Å². The van der Waals surface area contributed by atoms with Crippen molar-refractivity contribution < 1.29 is 0 Å². The van der Waals surface area contributed by atoms with Crippen LogP contribution in [0.3, 0.4) is 0 Å². The van der Waals surface area contributed by atoms with Gasteiger partial charge in [-0.3, -0.25) is 9.88 Å². The number of likely N-dealkylation sites (tertiary alicyclic amines) is 1. The first-order chi connectivity index (χ1) is 6.92. The summed E-state index contributed by atoms with van der Waals surface area (Å²) in [4.78, 5) is 6.84. The zero-order chi connectivity index (χ0) is 9.80. The Hall–Kier alpha value is -0.930. The second-order valence-electron chi connectivity index (χ2n) is 3.74. The monoisotopic (exact) mass is 191 g/mol. The van der Waals surface area contributed by atoms with Gasteiger partial charge in [-0.2, -0.15) is 0 Å². The molecule has 2 N–H and O–H groups in total. The van der Waals surface area contributed by atoms with Gasteiger partial charge in [0.1, 0.15) is 0 Å². The van der Waals surface area contributed by atoms with Crippen LogP contribution < -0.4 is 5.73 Å². The van der Waals surface area contributed by atoms with E-state index in [0.717, 1.165) is 13.1 Å². The minimum Gasteiger partial charge on any atom is -0.329 e. The summed E-state index contributed by atoms with van der Waals surface area (Å²) in [5.74, 6) is 0. The molecule has 0 radical (unpaired) electrons. The fourth-order valence-corrected chi connectivity index (χ4v) is 2.17. The number of nitrogens with two attached hydrogens (primary N) is 1. The first-order valence-corrected chi connectivity index (χ1v) is 5.27. The minimum absolute atomic E-state index is 0.500. The molecule has 1 aromatic heterocycles. The Labute approximate surface area is 84.9 Å². The largest absolute Gasteiger partial charge is 0.329 e. The van der Waals surface area contributed by atoms with Gasteiger partial charge in [0.15, 0.2) is 0 Å². The molecule has 3 nitrogen and oxygen atoms in total. The van der Waals surface area contributed by atoms with Crippen LogP contribution in [0.15, 0.2) is 24.4 Å². The van der Waals surface area contributed by atoms with Crippen molar-refractivity contribution in [2.24, 2.45) is 5.73 Å². The minimum atomic E-state index is 0.500. The first-order valence-electron chi connectivity index (χ1n) is 5.27. The van der Waals surface area contributed by atoms with Crippen LogP contribution in [0.2, 0.25) is 0 Å². The van der Waals surface area contributed by atoms with Crippen LogP contribution in [0, 0.1) is 0 Å². The van der Waals surface area contributed by atoms with Gasteiger partial charge in [0.05, 0.1) is 11.7 Å². The van der Waals surface area contributed by atoms with E-state index in [1.807, 2.05) is 12.3 Å². The van der Waals surface area contributed by atoms with Crippen LogP contribution in [0.5, 0.6) is 0 Å². The predicted octanol–water partition coefficient (Wildman–Crippen LogP) is 1.18. The second-order valence-corrected chi connectivity index (χ2v) is 3.74. The smallest absolute Gasteiger partial charge is 0.0575 e. The highest BCUT2D eigenvalue weighted by Crippen LogP contribution is 2.29. The molecule has 1 fully saturated rings. The van der Waals surface area contributed by atoms with Gasteiger partial charge >= 0.3 is 0 Å². The molecule has 1 atom stereocenters. The second kappa shape index (κ2) is 4.53. The van der Waals surface area contributed by atoms with Crippen molar-refractivity contribution in [3.05, 3.63) is 30.1 Å². The van der Waals surface area contributed by atoms with Gasteiger partial charge in [-0.1, -0.05) is 6.07 Å². The van der Waals surface area contributed by atoms with Crippen LogP contribution in [0.1, 0.15) is 24.6 Å². The van der Waals surface area contributed by atoms with Crippen LogP contribution in [0.25, 0.3) is 0 Å². The third kappa shape index (κ3) is 1.94. The highest BCUT2D eigenvalue weighted by molar-refractivity contribution is 5.10. The van der Waals surface area contributed by atoms with E-state index in [1.54, 1.807) is 0 Å². The number of hydrogen-bond acceptors (Lipinski definition) is 3. The van der Waals surface area contributed by atoms with E-state index in [9.17, 15) is 0 Å². The Morgan fingerprint density at radius 3 is 3.14 bits per heavy atom. The molecule has 0 amide bonds. The van der Waals surface area contributed by atoms with E-state index in [-0.39, 0.29) is 0 Å². The van der Waals surface area contributed by atoms with E-state index < -0.39 is 0 Å². The Morgan fingerprint density at radius 2 is 2.43 bits per heavy atom. The molecule has 0 aliphatic carbocycles. The fraction of sp³-hybridized carbons (Fsp3) is 0.545. The SMILES string of the molecule is NCCN1CCCC1c1ccccn1. The van der Waals surface area contributed by atoms with E-state index in [2.05, 4.69) is 22.0 Å². The summed E-state index contributed by atoms with van der Waals surface area (Å²) >= 11 is 0. The highest BCUT2D eigenvalue weighted by Gasteiger charge is 2.25. The molecule has 2 rings (SSSR count). The average molecular weight is 191 g/mol. The topological polar surface area (TPSA) is 42.1 Å². The molecule has 1 unspecified atom stereocenters. The van der Waals surface area contributed by atoms with Gasteiger partial charge < -0.3 is 5.73 Å². The molecule has 0 bridgehead atoms. The molecule has 0 aromatic carbocycles. The number of nitrogens with zero attached hydrogens (tertiary/aromatic N) is 2. The van der Waals surface area contributed by atoms with Crippen molar-refractivity contribution in [3.8, 4) is 0 Å². The summed E-state index contributed by atoms with van der Waals surface area (Å²) in [6.07, 6.45) is 4.35. The average Bonchev–Trinajstić information content (AvgIpc) is 2.68. The lowest BCUT2D eigenvalue weighted by molar-refractivity contribution is 0.260. The molecule has 1 aliphatic rings. The predicted molar refractivity (Wildman–Crippen MR) is 56.8 cm³/mol. The van der Waals surface area contributed by atoms with Crippen molar-refractivity contribution in [2.45, 2.75) is 18.9 Å². The first kappa shape index (κ1) is 9.62. The molecular formula is C11H17N3. The Balaban J connectivity index is 2.10. The summed E-state index contributed by atoms with van der Waals surface area (Å²) in [5.41, 5.74) is 6.78. The quantitative estimate of drug-likeness (QED) is 0.780. The number of rotatable bonds is 3.